The number of carbonyl (C=O) groups is 1. The maximum Gasteiger partial charge on any atom is 0.332 e. The van der Waals surface area contributed by atoms with Gasteiger partial charge in [0.05, 0.1) is 30.0 Å². The number of rotatable bonds is 11. The lowest BCUT2D eigenvalue weighted by Crippen LogP contribution is -2.16. The monoisotopic (exact) mass is 546 g/mol. The lowest BCUT2D eigenvalue weighted by Gasteiger charge is -2.17. The number of ketones is 1. The van der Waals surface area contributed by atoms with E-state index in [1.54, 1.807) is 6.07 Å². The first-order valence-electron chi connectivity index (χ1n) is 11.4. The zero-order valence-electron chi connectivity index (χ0n) is 20.5. The van der Waals surface area contributed by atoms with E-state index < -0.39 is 23.9 Å². The van der Waals surface area contributed by atoms with Crippen LogP contribution in [0.15, 0.2) is 35.1 Å². The van der Waals surface area contributed by atoms with E-state index in [0.29, 0.717) is 6.42 Å². The van der Waals surface area contributed by atoms with E-state index in [2.05, 4.69) is 15.0 Å². The SMILES string of the molecule is COc1cccc(F)c1COc1cc(-n2c(=O)[nH]c3c(C(C)=O)nc(CO)nc32)c(Cl)cc1OCCCO. The summed E-state index contributed by atoms with van der Waals surface area (Å²) < 4.78 is 32.5. The van der Waals surface area contributed by atoms with E-state index in [4.69, 9.17) is 30.9 Å². The summed E-state index contributed by atoms with van der Waals surface area (Å²) in [6.07, 6.45) is 0.330. The predicted molar refractivity (Wildman–Crippen MR) is 135 cm³/mol. The topological polar surface area (TPSA) is 149 Å². The van der Waals surface area contributed by atoms with Gasteiger partial charge in [0.2, 0.25) is 0 Å². The Morgan fingerprint density at radius 2 is 1.92 bits per heavy atom. The van der Waals surface area contributed by atoms with Crippen molar-refractivity contribution < 1.29 is 33.6 Å². The van der Waals surface area contributed by atoms with Crippen LogP contribution in [0.25, 0.3) is 16.9 Å². The Bertz CT molecular complexity index is 1550. The molecule has 0 saturated carbocycles. The third-order valence-electron chi connectivity index (χ3n) is 5.54. The van der Waals surface area contributed by atoms with Gasteiger partial charge < -0.3 is 29.4 Å². The molecule has 0 aliphatic rings. The van der Waals surface area contributed by atoms with Crippen LogP contribution in [0.5, 0.6) is 17.2 Å². The minimum Gasteiger partial charge on any atom is -0.496 e. The summed E-state index contributed by atoms with van der Waals surface area (Å²) in [5, 5.41) is 18.8. The van der Waals surface area contributed by atoms with Crippen LogP contribution in [0.3, 0.4) is 0 Å². The normalized spacial score (nSPS) is 11.1. The van der Waals surface area contributed by atoms with Gasteiger partial charge in [0, 0.05) is 32.1 Å². The molecule has 0 atom stereocenters. The second-order valence-electron chi connectivity index (χ2n) is 8.05. The smallest absolute Gasteiger partial charge is 0.332 e. The summed E-state index contributed by atoms with van der Waals surface area (Å²) in [7, 11) is 1.41. The fraction of sp³-hybridized carbons (Fsp3) is 0.280. The molecule has 200 valence electrons. The van der Waals surface area contributed by atoms with Gasteiger partial charge in [-0.2, -0.15) is 0 Å². The number of carbonyl (C=O) groups excluding carboxylic acids is 1. The second-order valence-corrected chi connectivity index (χ2v) is 8.46. The molecule has 13 heteroatoms. The number of hydrogen-bond donors (Lipinski definition) is 3. The van der Waals surface area contributed by atoms with Gasteiger partial charge in [0.1, 0.15) is 36.0 Å². The van der Waals surface area contributed by atoms with Crippen molar-refractivity contribution in [3.63, 3.8) is 0 Å². The van der Waals surface area contributed by atoms with E-state index >= 15 is 0 Å². The fourth-order valence-corrected chi connectivity index (χ4v) is 4.01. The Hall–Kier alpha value is -4.00. The number of fused-ring (bicyclic) bond motifs is 1. The van der Waals surface area contributed by atoms with Crippen molar-refractivity contribution in [3.05, 3.63) is 68.7 Å². The molecule has 2 aromatic carbocycles. The molecule has 4 aromatic rings. The van der Waals surface area contributed by atoms with E-state index in [0.717, 1.165) is 4.57 Å². The molecular weight excluding hydrogens is 523 g/mol. The van der Waals surface area contributed by atoms with Crippen molar-refractivity contribution in [2.45, 2.75) is 26.6 Å². The largest absolute Gasteiger partial charge is 0.496 e. The summed E-state index contributed by atoms with van der Waals surface area (Å²) in [5.41, 5.74) is -0.398. The highest BCUT2D eigenvalue weighted by Gasteiger charge is 2.22. The Morgan fingerprint density at radius 1 is 1.16 bits per heavy atom. The first-order valence-corrected chi connectivity index (χ1v) is 11.8. The molecule has 0 unspecified atom stereocenters. The summed E-state index contributed by atoms with van der Waals surface area (Å²) >= 11 is 6.55. The number of aromatic nitrogens is 4. The second kappa shape index (κ2) is 11.6. The third kappa shape index (κ3) is 5.32. The van der Waals surface area contributed by atoms with Gasteiger partial charge in [-0.15, -0.1) is 0 Å². The number of halogens is 2. The molecule has 2 aromatic heterocycles. The molecule has 0 fully saturated rings. The molecule has 11 nitrogen and oxygen atoms in total. The highest BCUT2D eigenvalue weighted by molar-refractivity contribution is 6.32. The van der Waals surface area contributed by atoms with Crippen LogP contribution in [-0.4, -0.2) is 55.8 Å². The molecule has 38 heavy (non-hydrogen) atoms. The Kier molecular flexibility index (Phi) is 8.25. The fourth-order valence-electron chi connectivity index (χ4n) is 3.77. The Morgan fingerprint density at radius 3 is 2.61 bits per heavy atom. The van der Waals surface area contributed by atoms with Crippen molar-refractivity contribution in [2.24, 2.45) is 0 Å². The van der Waals surface area contributed by atoms with Gasteiger partial charge in [0.15, 0.2) is 28.8 Å². The number of H-pyrrole nitrogens is 1. The van der Waals surface area contributed by atoms with E-state index in [1.807, 2.05) is 0 Å². The first-order chi connectivity index (χ1) is 18.3. The minimum atomic E-state index is -0.676. The molecule has 0 aliphatic heterocycles. The van der Waals surface area contributed by atoms with E-state index in [9.17, 15) is 19.1 Å². The highest BCUT2D eigenvalue weighted by Crippen LogP contribution is 2.37. The number of ether oxygens (including phenoxy) is 3. The zero-order chi connectivity index (χ0) is 27.4. The molecular formula is C25H24ClFN4O7. The Labute approximate surface area is 220 Å². The molecule has 0 radical (unpaired) electrons. The average Bonchev–Trinajstić information content (AvgIpc) is 3.23. The van der Waals surface area contributed by atoms with Crippen molar-refractivity contribution in [3.8, 4) is 22.9 Å². The maximum atomic E-state index is 14.5. The van der Waals surface area contributed by atoms with E-state index in [1.165, 1.54) is 38.3 Å². The average molecular weight is 547 g/mol. The van der Waals surface area contributed by atoms with Gasteiger partial charge in [0.25, 0.3) is 0 Å². The number of aromatic amines is 1. The van der Waals surface area contributed by atoms with Crippen LogP contribution in [0, 0.1) is 5.82 Å². The van der Waals surface area contributed by atoms with E-state index in [-0.39, 0.29) is 76.0 Å². The maximum absolute atomic E-state index is 14.5. The van der Waals surface area contributed by atoms with Crippen molar-refractivity contribution in [1.29, 1.82) is 0 Å². The number of benzene rings is 2. The quantitative estimate of drug-likeness (QED) is 0.191. The number of nitrogens with one attached hydrogen (secondary N) is 1. The summed E-state index contributed by atoms with van der Waals surface area (Å²) in [5.74, 6) is -0.484. The van der Waals surface area contributed by atoms with Crippen LogP contribution >= 0.6 is 11.6 Å². The molecule has 0 saturated heterocycles. The number of hydrogen-bond acceptors (Lipinski definition) is 9. The van der Waals surface area contributed by atoms with Crippen molar-refractivity contribution in [2.75, 3.05) is 20.3 Å². The summed E-state index contributed by atoms with van der Waals surface area (Å²) in [4.78, 5) is 36.0. The number of imidazole rings is 1. The first kappa shape index (κ1) is 27.0. The zero-order valence-corrected chi connectivity index (χ0v) is 21.2. The minimum absolute atomic E-state index is 0.0109. The van der Waals surface area contributed by atoms with Crippen LogP contribution < -0.4 is 19.9 Å². The van der Waals surface area contributed by atoms with Crippen LogP contribution in [0.4, 0.5) is 4.39 Å². The number of methoxy groups -OCH3 is 1. The summed E-state index contributed by atoms with van der Waals surface area (Å²) in [6, 6.07) is 7.18. The predicted octanol–water partition coefficient (Wildman–Crippen LogP) is 2.95. The van der Waals surface area contributed by atoms with Crippen LogP contribution in [0.1, 0.15) is 35.2 Å². The van der Waals surface area contributed by atoms with Crippen LogP contribution in [0.2, 0.25) is 5.02 Å². The lowest BCUT2D eigenvalue weighted by atomic mass is 10.2. The Balaban J connectivity index is 1.86. The molecule has 0 amide bonds. The van der Waals surface area contributed by atoms with Gasteiger partial charge in [-0.25, -0.2) is 23.7 Å². The number of aliphatic hydroxyl groups is 2. The third-order valence-corrected chi connectivity index (χ3v) is 5.84. The molecule has 2 heterocycles. The van der Waals surface area contributed by atoms with Gasteiger partial charge >= 0.3 is 5.69 Å². The van der Waals surface area contributed by atoms with Gasteiger partial charge in [-0.3, -0.25) is 4.79 Å². The number of nitrogens with zero attached hydrogens (tertiary/aromatic N) is 3. The van der Waals surface area contributed by atoms with Crippen LogP contribution in [-0.2, 0) is 13.2 Å². The number of Topliss-reactive ketones (excluding diaryl/α,β-unsaturated/α-hetero) is 1. The molecule has 0 bridgehead atoms. The lowest BCUT2D eigenvalue weighted by molar-refractivity contribution is 0.101. The molecule has 3 N–H and O–H groups in total. The number of aliphatic hydroxyl groups excluding tert-OH is 2. The standard InChI is InChI=1S/C25H24ClFN4O7/c1-13(34)22-23-24(29-21(11-33)28-22)31(25(35)30-23)17-10-20(19(9-15(17)26)37-8-4-7-32)38-12-14-16(27)5-3-6-18(14)36-2/h3,5-6,9-10,32-33H,4,7-8,11-12H2,1-2H3,(H,30,35). The summed E-state index contributed by atoms with van der Waals surface area (Å²) in [6.45, 7) is 0.479. The van der Waals surface area contributed by atoms with Crippen molar-refractivity contribution >= 4 is 28.5 Å². The van der Waals surface area contributed by atoms with Gasteiger partial charge in [-0.1, -0.05) is 17.7 Å². The molecule has 4 rings (SSSR count). The molecule has 0 aliphatic carbocycles. The van der Waals surface area contributed by atoms with Crippen molar-refractivity contribution in [1.82, 2.24) is 19.5 Å². The highest BCUT2D eigenvalue weighted by atomic mass is 35.5. The van der Waals surface area contributed by atoms with Gasteiger partial charge in [-0.05, 0) is 12.1 Å². The molecule has 0 spiro atoms.